The highest BCUT2D eigenvalue weighted by Gasteiger charge is 2.26. The molecule has 0 fully saturated rings. The number of hydrogen-bond acceptors (Lipinski definition) is 2. The van der Waals surface area contributed by atoms with Crippen molar-refractivity contribution < 1.29 is 0 Å². The van der Waals surface area contributed by atoms with Crippen LogP contribution in [0.3, 0.4) is 0 Å². The van der Waals surface area contributed by atoms with Crippen LogP contribution in [0.5, 0.6) is 0 Å². The van der Waals surface area contributed by atoms with Crippen LogP contribution in [0.25, 0.3) is 0 Å². The molecule has 0 spiro atoms. The Labute approximate surface area is 104 Å². The minimum atomic E-state index is -0.950. The van der Waals surface area contributed by atoms with Gasteiger partial charge in [-0.1, -0.05) is 50.4 Å². The molecular weight excluding hydrogens is 228 g/mol. The lowest BCUT2D eigenvalue weighted by Crippen LogP contribution is -2.32. The minimum Gasteiger partial charge on any atom is -0.330 e. The topological polar surface area (TPSA) is 52.0 Å². The van der Waals surface area contributed by atoms with Gasteiger partial charge in [-0.15, -0.1) is 0 Å². The van der Waals surface area contributed by atoms with Gasteiger partial charge in [-0.05, 0) is 25.9 Å². The van der Waals surface area contributed by atoms with Crippen molar-refractivity contribution in [2.45, 2.75) is 63.2 Å². The average molecular weight is 261 g/mol. The summed E-state index contributed by atoms with van der Waals surface area (Å²) in [7, 11) is -1.90. The van der Waals surface area contributed by atoms with Crippen LogP contribution in [-0.2, 0) is 0 Å². The summed E-state index contributed by atoms with van der Waals surface area (Å²) in [4.78, 5) is 0. The van der Waals surface area contributed by atoms with E-state index in [0.717, 1.165) is 13.1 Å². The van der Waals surface area contributed by atoms with Gasteiger partial charge in [0.25, 0.3) is 0 Å². The second kappa shape index (κ2) is 7.64. The van der Waals surface area contributed by atoms with Crippen LogP contribution in [0.1, 0.15) is 12.8 Å². The molecule has 4 heteroatoms. The van der Waals surface area contributed by atoms with Crippen LogP contribution in [0.15, 0.2) is 0 Å². The normalized spacial score (nSPS) is 13.1. The summed E-state index contributed by atoms with van der Waals surface area (Å²) in [6.45, 7) is 11.8. The van der Waals surface area contributed by atoms with Gasteiger partial charge in [0, 0.05) is 16.1 Å². The van der Waals surface area contributed by atoms with Crippen molar-refractivity contribution in [2.24, 2.45) is 11.5 Å². The van der Waals surface area contributed by atoms with Crippen LogP contribution in [0.2, 0.25) is 50.4 Å². The fraction of sp³-hybridized carbons (Fsp3) is 1.00. The van der Waals surface area contributed by atoms with Crippen LogP contribution in [0.4, 0.5) is 0 Å². The van der Waals surface area contributed by atoms with Crippen LogP contribution in [0, 0.1) is 0 Å². The fourth-order valence-corrected chi connectivity index (χ4v) is 10.3. The Morgan fingerprint density at radius 3 is 1.19 bits per heavy atom. The monoisotopic (exact) mass is 260 g/mol. The Balaban J connectivity index is 3.91. The van der Waals surface area contributed by atoms with Gasteiger partial charge in [-0.3, -0.25) is 0 Å². The van der Waals surface area contributed by atoms with E-state index in [-0.39, 0.29) is 0 Å². The van der Waals surface area contributed by atoms with Crippen molar-refractivity contribution in [3.8, 4) is 0 Å². The van der Waals surface area contributed by atoms with Gasteiger partial charge < -0.3 is 11.5 Å². The van der Waals surface area contributed by atoms with Gasteiger partial charge >= 0.3 is 0 Å². The quantitative estimate of drug-likeness (QED) is 0.626. The molecule has 0 aliphatic rings. The number of nitrogens with two attached hydrogens (primary N) is 2. The Bertz CT molecular complexity index is 162. The summed E-state index contributed by atoms with van der Waals surface area (Å²) in [6, 6.07) is 5.81. The highest BCUT2D eigenvalue weighted by Crippen LogP contribution is 2.26. The third-order valence-electron chi connectivity index (χ3n) is 3.59. The molecular formula is C12H32N2Si2. The van der Waals surface area contributed by atoms with Crippen molar-refractivity contribution in [3.05, 3.63) is 0 Å². The van der Waals surface area contributed by atoms with Gasteiger partial charge in [0.15, 0.2) is 0 Å². The third-order valence-corrected chi connectivity index (χ3v) is 10.7. The van der Waals surface area contributed by atoms with Gasteiger partial charge in [0.1, 0.15) is 0 Å². The predicted molar refractivity (Wildman–Crippen MR) is 81.5 cm³/mol. The summed E-state index contributed by atoms with van der Waals surface area (Å²) in [6.07, 6.45) is 2.45. The lowest BCUT2D eigenvalue weighted by atomic mass is 10.5. The zero-order valence-electron chi connectivity index (χ0n) is 11.8. The Morgan fingerprint density at radius 1 is 0.625 bits per heavy atom. The SMILES string of the molecule is C[Si](C)(CCCN)CC[Si](C)(C)CCCN. The third kappa shape index (κ3) is 8.50. The Hall–Kier alpha value is 0.354. The van der Waals surface area contributed by atoms with E-state index in [2.05, 4.69) is 26.2 Å². The first-order valence-electron chi connectivity index (χ1n) is 6.73. The molecule has 0 aromatic rings. The predicted octanol–water partition coefficient (Wildman–Crippen LogP) is 3.10. The zero-order chi connectivity index (χ0) is 12.7. The van der Waals surface area contributed by atoms with E-state index >= 15 is 0 Å². The highest BCUT2D eigenvalue weighted by molar-refractivity contribution is 6.82. The molecule has 0 aliphatic carbocycles. The molecule has 2 nitrogen and oxygen atoms in total. The minimum absolute atomic E-state index is 0.866. The van der Waals surface area contributed by atoms with Crippen LogP contribution < -0.4 is 11.5 Å². The lowest BCUT2D eigenvalue weighted by molar-refractivity contribution is 0.897. The zero-order valence-corrected chi connectivity index (χ0v) is 13.8. The number of rotatable bonds is 9. The van der Waals surface area contributed by atoms with E-state index in [4.69, 9.17) is 11.5 Å². The van der Waals surface area contributed by atoms with E-state index in [1.165, 1.54) is 37.0 Å². The summed E-state index contributed by atoms with van der Waals surface area (Å²) in [5.41, 5.74) is 11.2. The van der Waals surface area contributed by atoms with E-state index in [1.54, 1.807) is 0 Å². The molecule has 0 atom stereocenters. The molecule has 16 heavy (non-hydrogen) atoms. The van der Waals surface area contributed by atoms with E-state index in [0.29, 0.717) is 0 Å². The molecule has 0 radical (unpaired) electrons. The summed E-state index contributed by atoms with van der Waals surface area (Å²) < 4.78 is 0. The Morgan fingerprint density at radius 2 is 0.938 bits per heavy atom. The molecule has 0 aliphatic heterocycles. The van der Waals surface area contributed by atoms with Gasteiger partial charge in [-0.25, -0.2) is 0 Å². The number of hydrogen-bond donors (Lipinski definition) is 2. The molecule has 0 amide bonds. The molecule has 0 heterocycles. The second-order valence-corrected chi connectivity index (χ2v) is 17.3. The molecule has 0 unspecified atom stereocenters. The van der Waals surface area contributed by atoms with E-state index in [9.17, 15) is 0 Å². The highest BCUT2D eigenvalue weighted by atomic mass is 28.3. The van der Waals surface area contributed by atoms with Crippen LogP contribution >= 0.6 is 0 Å². The first-order valence-corrected chi connectivity index (χ1v) is 13.6. The molecule has 0 saturated heterocycles. The summed E-state index contributed by atoms with van der Waals surface area (Å²) in [5, 5.41) is 0. The van der Waals surface area contributed by atoms with E-state index in [1.807, 2.05) is 0 Å². The summed E-state index contributed by atoms with van der Waals surface area (Å²) >= 11 is 0. The first-order chi connectivity index (χ1) is 7.33. The van der Waals surface area contributed by atoms with Crippen molar-refractivity contribution >= 4 is 16.1 Å². The van der Waals surface area contributed by atoms with Gasteiger partial charge in [0.2, 0.25) is 0 Å². The van der Waals surface area contributed by atoms with Crippen LogP contribution in [-0.4, -0.2) is 29.2 Å². The molecule has 4 N–H and O–H groups in total. The smallest absolute Gasteiger partial charge is 0.0471 e. The molecule has 0 bridgehead atoms. The molecule has 0 rings (SSSR count). The van der Waals surface area contributed by atoms with Crippen molar-refractivity contribution in [1.29, 1.82) is 0 Å². The van der Waals surface area contributed by atoms with Crippen molar-refractivity contribution in [1.82, 2.24) is 0 Å². The second-order valence-electron chi connectivity index (χ2n) is 6.61. The molecule has 0 saturated carbocycles. The van der Waals surface area contributed by atoms with Crippen molar-refractivity contribution in [3.63, 3.8) is 0 Å². The largest absolute Gasteiger partial charge is 0.330 e. The fourth-order valence-electron chi connectivity index (χ4n) is 2.09. The van der Waals surface area contributed by atoms with Crippen molar-refractivity contribution in [2.75, 3.05) is 13.1 Å². The maximum Gasteiger partial charge on any atom is 0.0471 e. The molecule has 0 aromatic heterocycles. The van der Waals surface area contributed by atoms with Gasteiger partial charge in [-0.2, -0.15) is 0 Å². The van der Waals surface area contributed by atoms with E-state index < -0.39 is 16.1 Å². The maximum atomic E-state index is 5.60. The molecule has 0 aromatic carbocycles. The van der Waals surface area contributed by atoms with Gasteiger partial charge in [0.05, 0.1) is 0 Å². The summed E-state index contributed by atoms with van der Waals surface area (Å²) in [5.74, 6) is 0. The maximum absolute atomic E-state index is 5.60. The lowest BCUT2D eigenvalue weighted by Gasteiger charge is -2.28. The average Bonchev–Trinajstić information content (AvgIpc) is 2.22. The standard InChI is InChI=1S/C12H32N2Si2/c1-15(2,9-5-7-13)11-12-16(3,4)10-6-8-14/h5-14H2,1-4H3. The Kier molecular flexibility index (Phi) is 7.80. The first kappa shape index (κ1) is 16.4. The molecule has 98 valence electrons.